The maximum Gasteiger partial charge on any atom is 0.133 e. The third-order valence-electron chi connectivity index (χ3n) is 1.94. The van der Waals surface area contributed by atoms with E-state index in [9.17, 15) is 4.79 Å². The predicted molar refractivity (Wildman–Crippen MR) is 37.2 cm³/mol. The standard InChI is InChI=1S/C8H12O/c1-6(2)7-3-4-8(9)5-7/h7H,1,3-5H2,2H3. The van der Waals surface area contributed by atoms with Gasteiger partial charge in [0, 0.05) is 12.8 Å². The summed E-state index contributed by atoms with van der Waals surface area (Å²) in [5.74, 6) is 0.903. The molecule has 0 N–H and O–H groups in total. The Kier molecular flexibility index (Phi) is 1.70. The van der Waals surface area contributed by atoms with Gasteiger partial charge in [0.05, 0.1) is 0 Å². The van der Waals surface area contributed by atoms with Crippen molar-refractivity contribution in [3.8, 4) is 0 Å². The van der Waals surface area contributed by atoms with Gasteiger partial charge in [0.25, 0.3) is 0 Å². The van der Waals surface area contributed by atoms with E-state index in [4.69, 9.17) is 0 Å². The molecule has 1 nitrogen and oxygen atoms in total. The maximum absolute atomic E-state index is 10.7. The van der Waals surface area contributed by atoms with Crippen molar-refractivity contribution in [3.63, 3.8) is 0 Å². The molecular weight excluding hydrogens is 112 g/mol. The van der Waals surface area contributed by atoms with E-state index in [0.717, 1.165) is 19.3 Å². The predicted octanol–water partition coefficient (Wildman–Crippen LogP) is 1.93. The Bertz CT molecular complexity index is 147. The van der Waals surface area contributed by atoms with Gasteiger partial charge in [0.15, 0.2) is 0 Å². The molecule has 1 atom stereocenters. The summed E-state index contributed by atoms with van der Waals surface area (Å²) < 4.78 is 0. The minimum atomic E-state index is 0.406. The number of carbonyl (C=O) groups excluding carboxylic acids is 1. The number of ketones is 1. The minimum absolute atomic E-state index is 0.406. The Hall–Kier alpha value is -0.590. The first-order chi connectivity index (χ1) is 4.20. The van der Waals surface area contributed by atoms with E-state index in [2.05, 4.69) is 6.58 Å². The molecule has 1 rings (SSSR count). The molecule has 50 valence electrons. The number of carbonyl (C=O) groups is 1. The third-order valence-corrected chi connectivity index (χ3v) is 1.94. The van der Waals surface area contributed by atoms with Gasteiger partial charge in [-0.3, -0.25) is 4.79 Å². The molecular formula is C8H12O. The maximum atomic E-state index is 10.7. The third kappa shape index (κ3) is 1.41. The summed E-state index contributed by atoms with van der Waals surface area (Å²) in [7, 11) is 0. The van der Waals surface area contributed by atoms with E-state index >= 15 is 0 Å². The highest BCUT2D eigenvalue weighted by Gasteiger charge is 2.21. The molecule has 0 aromatic heterocycles. The fourth-order valence-corrected chi connectivity index (χ4v) is 1.23. The quantitative estimate of drug-likeness (QED) is 0.488. The molecule has 0 spiro atoms. The zero-order valence-corrected chi connectivity index (χ0v) is 5.81. The van der Waals surface area contributed by atoms with Gasteiger partial charge < -0.3 is 0 Å². The van der Waals surface area contributed by atoms with Crippen LogP contribution < -0.4 is 0 Å². The number of hydrogen-bond acceptors (Lipinski definition) is 1. The van der Waals surface area contributed by atoms with Crippen LogP contribution in [0.3, 0.4) is 0 Å². The Balaban J connectivity index is 2.48. The van der Waals surface area contributed by atoms with E-state index in [1.54, 1.807) is 0 Å². The molecule has 0 aromatic carbocycles. The van der Waals surface area contributed by atoms with Gasteiger partial charge in [-0.25, -0.2) is 0 Å². The van der Waals surface area contributed by atoms with Gasteiger partial charge in [-0.1, -0.05) is 12.2 Å². The van der Waals surface area contributed by atoms with Crippen LogP contribution in [0.4, 0.5) is 0 Å². The Morgan fingerprint density at radius 2 is 2.44 bits per heavy atom. The highest BCUT2D eigenvalue weighted by molar-refractivity contribution is 5.81. The zero-order chi connectivity index (χ0) is 6.85. The molecule has 1 aliphatic carbocycles. The van der Waals surface area contributed by atoms with Crippen molar-refractivity contribution in [2.24, 2.45) is 5.92 Å². The number of hydrogen-bond donors (Lipinski definition) is 0. The molecule has 0 aromatic rings. The lowest BCUT2D eigenvalue weighted by atomic mass is 10.0. The Morgan fingerprint density at radius 3 is 2.67 bits per heavy atom. The largest absolute Gasteiger partial charge is 0.300 e. The van der Waals surface area contributed by atoms with E-state index in [1.165, 1.54) is 5.57 Å². The smallest absolute Gasteiger partial charge is 0.133 e. The van der Waals surface area contributed by atoms with Gasteiger partial charge in [-0.05, 0) is 19.3 Å². The molecule has 0 saturated heterocycles. The van der Waals surface area contributed by atoms with Crippen LogP contribution in [0.25, 0.3) is 0 Å². The molecule has 1 fully saturated rings. The fourth-order valence-electron chi connectivity index (χ4n) is 1.23. The van der Waals surface area contributed by atoms with Crippen molar-refractivity contribution in [2.45, 2.75) is 26.2 Å². The molecule has 0 amide bonds. The van der Waals surface area contributed by atoms with Crippen molar-refractivity contribution in [1.29, 1.82) is 0 Å². The second-order valence-electron chi connectivity index (χ2n) is 2.82. The summed E-state index contributed by atoms with van der Waals surface area (Å²) in [6.07, 6.45) is 2.56. The van der Waals surface area contributed by atoms with E-state index in [-0.39, 0.29) is 0 Å². The van der Waals surface area contributed by atoms with E-state index in [1.807, 2.05) is 6.92 Å². The number of Topliss-reactive ketones (excluding diaryl/α,β-unsaturated/α-hetero) is 1. The second-order valence-corrected chi connectivity index (χ2v) is 2.82. The molecule has 1 aliphatic rings. The van der Waals surface area contributed by atoms with E-state index in [0.29, 0.717) is 11.7 Å². The average Bonchev–Trinajstić information content (AvgIpc) is 2.14. The van der Waals surface area contributed by atoms with Gasteiger partial charge in [-0.15, -0.1) is 0 Å². The first-order valence-corrected chi connectivity index (χ1v) is 3.37. The van der Waals surface area contributed by atoms with Gasteiger partial charge in [0.2, 0.25) is 0 Å². The van der Waals surface area contributed by atoms with Gasteiger partial charge in [-0.2, -0.15) is 0 Å². The van der Waals surface area contributed by atoms with Gasteiger partial charge >= 0.3 is 0 Å². The summed E-state index contributed by atoms with van der Waals surface area (Å²) >= 11 is 0. The van der Waals surface area contributed by atoms with Crippen molar-refractivity contribution in [1.82, 2.24) is 0 Å². The lowest BCUT2D eigenvalue weighted by Gasteiger charge is -2.03. The van der Waals surface area contributed by atoms with Crippen molar-refractivity contribution < 1.29 is 4.79 Å². The van der Waals surface area contributed by atoms with Crippen LogP contribution >= 0.6 is 0 Å². The molecule has 0 bridgehead atoms. The summed E-state index contributed by atoms with van der Waals surface area (Å²) in [6.45, 7) is 5.82. The van der Waals surface area contributed by atoms with Crippen LogP contribution in [0.15, 0.2) is 12.2 Å². The number of rotatable bonds is 1. The molecule has 1 unspecified atom stereocenters. The summed E-state index contributed by atoms with van der Waals surface area (Å²) in [4.78, 5) is 10.7. The molecule has 0 heterocycles. The molecule has 9 heavy (non-hydrogen) atoms. The normalized spacial score (nSPS) is 26.8. The molecule has 1 saturated carbocycles. The van der Waals surface area contributed by atoms with Crippen LogP contribution in [0.5, 0.6) is 0 Å². The molecule has 0 aliphatic heterocycles. The summed E-state index contributed by atoms with van der Waals surface area (Å²) in [5.41, 5.74) is 1.17. The lowest BCUT2D eigenvalue weighted by Crippen LogP contribution is -1.94. The number of allylic oxidation sites excluding steroid dienone is 1. The highest BCUT2D eigenvalue weighted by atomic mass is 16.1. The van der Waals surface area contributed by atoms with E-state index < -0.39 is 0 Å². The van der Waals surface area contributed by atoms with Crippen LogP contribution in [0.2, 0.25) is 0 Å². The first kappa shape index (κ1) is 6.53. The monoisotopic (exact) mass is 124 g/mol. The topological polar surface area (TPSA) is 17.1 Å². The summed E-state index contributed by atoms with van der Waals surface area (Å²) in [5, 5.41) is 0. The highest BCUT2D eigenvalue weighted by Crippen LogP contribution is 2.26. The van der Waals surface area contributed by atoms with Crippen LogP contribution in [-0.4, -0.2) is 5.78 Å². The first-order valence-electron chi connectivity index (χ1n) is 3.37. The van der Waals surface area contributed by atoms with Crippen molar-refractivity contribution >= 4 is 5.78 Å². The Morgan fingerprint density at radius 1 is 1.78 bits per heavy atom. The van der Waals surface area contributed by atoms with Crippen molar-refractivity contribution in [2.75, 3.05) is 0 Å². The van der Waals surface area contributed by atoms with Crippen molar-refractivity contribution in [3.05, 3.63) is 12.2 Å². The van der Waals surface area contributed by atoms with Gasteiger partial charge in [0.1, 0.15) is 5.78 Å². The Labute approximate surface area is 55.8 Å². The van der Waals surface area contributed by atoms with Crippen LogP contribution in [0, 0.1) is 5.92 Å². The fraction of sp³-hybridized carbons (Fsp3) is 0.625. The summed E-state index contributed by atoms with van der Waals surface area (Å²) in [6, 6.07) is 0. The SMILES string of the molecule is C=C(C)C1CCC(=O)C1. The van der Waals surface area contributed by atoms with Crippen LogP contribution in [0.1, 0.15) is 26.2 Å². The average molecular weight is 124 g/mol. The zero-order valence-electron chi connectivity index (χ0n) is 5.81. The lowest BCUT2D eigenvalue weighted by molar-refractivity contribution is -0.117. The second kappa shape index (κ2) is 2.34. The minimum Gasteiger partial charge on any atom is -0.300 e. The molecule has 1 heteroatoms. The van der Waals surface area contributed by atoms with Crippen LogP contribution in [-0.2, 0) is 4.79 Å². The molecule has 0 radical (unpaired) electrons.